The SMILES string of the molecule is C=CCSCCNCc1cc(Br)ccc1F.Cl. The van der Waals surface area contributed by atoms with Gasteiger partial charge in [-0.15, -0.1) is 19.0 Å². The van der Waals surface area contributed by atoms with Crippen molar-refractivity contribution >= 4 is 40.1 Å². The minimum absolute atomic E-state index is 0. The predicted molar refractivity (Wildman–Crippen MR) is 80.6 cm³/mol. The highest BCUT2D eigenvalue weighted by atomic mass is 79.9. The molecule has 0 heterocycles. The van der Waals surface area contributed by atoms with Gasteiger partial charge in [0.2, 0.25) is 0 Å². The summed E-state index contributed by atoms with van der Waals surface area (Å²) in [6.45, 7) is 5.10. The molecule has 0 atom stereocenters. The zero-order chi connectivity index (χ0) is 11.8. The Hall–Kier alpha value is -0.0300. The molecule has 0 spiro atoms. The second-order valence-electron chi connectivity index (χ2n) is 3.28. The summed E-state index contributed by atoms with van der Waals surface area (Å²) in [6.07, 6.45) is 1.89. The Morgan fingerprint density at radius 1 is 1.47 bits per heavy atom. The molecule has 1 aromatic carbocycles. The van der Waals surface area contributed by atoms with Gasteiger partial charge < -0.3 is 5.32 Å². The third kappa shape index (κ3) is 7.09. The number of hydrogen-bond acceptors (Lipinski definition) is 2. The second-order valence-corrected chi connectivity index (χ2v) is 5.34. The van der Waals surface area contributed by atoms with Crippen LogP contribution in [0.25, 0.3) is 0 Å². The van der Waals surface area contributed by atoms with Crippen LogP contribution in [0.1, 0.15) is 5.56 Å². The van der Waals surface area contributed by atoms with E-state index in [9.17, 15) is 4.39 Å². The maximum Gasteiger partial charge on any atom is 0.127 e. The fourth-order valence-electron chi connectivity index (χ4n) is 1.21. The normalized spacial score (nSPS) is 9.76. The van der Waals surface area contributed by atoms with Crippen molar-refractivity contribution in [3.8, 4) is 0 Å². The zero-order valence-corrected chi connectivity index (χ0v) is 12.6. The van der Waals surface area contributed by atoms with E-state index >= 15 is 0 Å². The van der Waals surface area contributed by atoms with Gasteiger partial charge in [0.25, 0.3) is 0 Å². The van der Waals surface area contributed by atoms with Gasteiger partial charge in [-0.1, -0.05) is 22.0 Å². The van der Waals surface area contributed by atoms with Crippen molar-refractivity contribution in [3.05, 3.63) is 46.7 Å². The lowest BCUT2D eigenvalue weighted by atomic mass is 10.2. The Kier molecular flexibility index (Phi) is 9.93. The molecule has 0 unspecified atom stereocenters. The van der Waals surface area contributed by atoms with Gasteiger partial charge in [-0.05, 0) is 18.2 Å². The van der Waals surface area contributed by atoms with E-state index in [0.29, 0.717) is 12.1 Å². The molecule has 0 saturated carbocycles. The molecule has 0 bridgehead atoms. The van der Waals surface area contributed by atoms with E-state index in [4.69, 9.17) is 0 Å². The third-order valence-electron chi connectivity index (χ3n) is 1.98. The smallest absolute Gasteiger partial charge is 0.127 e. The highest BCUT2D eigenvalue weighted by Gasteiger charge is 2.01. The molecule has 1 aromatic rings. The monoisotopic (exact) mass is 339 g/mol. The quantitative estimate of drug-likeness (QED) is 0.594. The van der Waals surface area contributed by atoms with Crippen LogP contribution in [0.3, 0.4) is 0 Å². The Morgan fingerprint density at radius 3 is 2.94 bits per heavy atom. The molecule has 1 nitrogen and oxygen atoms in total. The molecule has 5 heteroatoms. The maximum absolute atomic E-state index is 13.3. The van der Waals surface area contributed by atoms with Crippen LogP contribution in [0.4, 0.5) is 4.39 Å². The molecule has 0 fully saturated rings. The standard InChI is InChI=1S/C12H15BrFNS.ClH/c1-2-6-16-7-5-15-9-10-8-11(13)3-4-12(10)14;/h2-4,8,15H,1,5-7,9H2;1H. The Bertz CT molecular complexity index is 349. The number of thioether (sulfide) groups is 1. The van der Waals surface area contributed by atoms with E-state index in [0.717, 1.165) is 22.5 Å². The van der Waals surface area contributed by atoms with Crippen molar-refractivity contribution in [1.82, 2.24) is 5.32 Å². The molecule has 96 valence electrons. The first-order valence-electron chi connectivity index (χ1n) is 5.07. The number of benzene rings is 1. The maximum atomic E-state index is 13.3. The molecule has 1 rings (SSSR count). The molecule has 17 heavy (non-hydrogen) atoms. The highest BCUT2D eigenvalue weighted by molar-refractivity contribution is 9.10. The Morgan fingerprint density at radius 2 is 2.24 bits per heavy atom. The molecule has 0 aromatic heterocycles. The van der Waals surface area contributed by atoms with Crippen LogP contribution in [0.5, 0.6) is 0 Å². The highest BCUT2D eigenvalue weighted by Crippen LogP contribution is 2.15. The predicted octanol–water partition coefficient (Wildman–Crippen LogP) is 4.02. The van der Waals surface area contributed by atoms with E-state index in [1.165, 1.54) is 6.07 Å². The molecule has 0 aliphatic heterocycles. The third-order valence-corrected chi connectivity index (χ3v) is 3.44. The summed E-state index contributed by atoms with van der Waals surface area (Å²) in [6, 6.07) is 4.99. The summed E-state index contributed by atoms with van der Waals surface area (Å²) in [5.41, 5.74) is 0.697. The van der Waals surface area contributed by atoms with Crippen molar-refractivity contribution < 1.29 is 4.39 Å². The van der Waals surface area contributed by atoms with Gasteiger partial charge >= 0.3 is 0 Å². The van der Waals surface area contributed by atoms with Crippen molar-refractivity contribution in [3.63, 3.8) is 0 Å². The number of nitrogens with one attached hydrogen (secondary N) is 1. The van der Waals surface area contributed by atoms with Crippen LogP contribution < -0.4 is 5.32 Å². The van der Waals surface area contributed by atoms with Crippen molar-refractivity contribution in [1.29, 1.82) is 0 Å². The molecule has 0 saturated heterocycles. The van der Waals surface area contributed by atoms with Gasteiger partial charge in [-0.2, -0.15) is 11.8 Å². The number of halogens is 3. The van der Waals surface area contributed by atoms with Gasteiger partial charge in [-0.3, -0.25) is 0 Å². The topological polar surface area (TPSA) is 12.0 Å². The van der Waals surface area contributed by atoms with Crippen molar-refractivity contribution in [2.24, 2.45) is 0 Å². The zero-order valence-electron chi connectivity index (χ0n) is 9.42. The van der Waals surface area contributed by atoms with E-state index in [1.54, 1.807) is 12.1 Å². The summed E-state index contributed by atoms with van der Waals surface area (Å²) in [7, 11) is 0. The summed E-state index contributed by atoms with van der Waals surface area (Å²) in [5.74, 6) is 1.82. The van der Waals surface area contributed by atoms with Crippen LogP contribution in [-0.4, -0.2) is 18.1 Å². The summed E-state index contributed by atoms with van der Waals surface area (Å²) < 4.78 is 14.2. The van der Waals surface area contributed by atoms with Gasteiger partial charge in [-0.25, -0.2) is 4.39 Å². The van der Waals surface area contributed by atoms with Crippen LogP contribution in [0.15, 0.2) is 35.3 Å². The number of rotatable bonds is 7. The molecule has 0 aliphatic rings. The van der Waals surface area contributed by atoms with E-state index in [1.807, 2.05) is 17.8 Å². The average Bonchev–Trinajstić information content (AvgIpc) is 2.28. The second kappa shape index (κ2) is 9.95. The molecule has 0 radical (unpaired) electrons. The molecular weight excluding hydrogens is 325 g/mol. The molecule has 0 amide bonds. The largest absolute Gasteiger partial charge is 0.312 e. The fourth-order valence-corrected chi connectivity index (χ4v) is 2.24. The lowest BCUT2D eigenvalue weighted by Crippen LogP contribution is -2.17. The first kappa shape index (κ1) is 17.0. The minimum atomic E-state index is -0.158. The van der Waals surface area contributed by atoms with Gasteiger partial charge in [0, 0.05) is 34.6 Å². The van der Waals surface area contributed by atoms with Gasteiger partial charge in [0.05, 0.1) is 0 Å². The average molecular weight is 341 g/mol. The van der Waals surface area contributed by atoms with Crippen LogP contribution in [0, 0.1) is 5.82 Å². The molecule has 0 aliphatic carbocycles. The number of hydrogen-bond donors (Lipinski definition) is 1. The van der Waals surface area contributed by atoms with Gasteiger partial charge in [0.15, 0.2) is 0 Å². The first-order chi connectivity index (χ1) is 7.74. The van der Waals surface area contributed by atoms with E-state index in [-0.39, 0.29) is 18.2 Å². The van der Waals surface area contributed by atoms with Crippen LogP contribution in [0.2, 0.25) is 0 Å². The Labute approximate surface area is 121 Å². The van der Waals surface area contributed by atoms with E-state index < -0.39 is 0 Å². The minimum Gasteiger partial charge on any atom is -0.312 e. The molecule has 1 N–H and O–H groups in total. The fraction of sp³-hybridized carbons (Fsp3) is 0.333. The lowest BCUT2D eigenvalue weighted by molar-refractivity contribution is 0.593. The van der Waals surface area contributed by atoms with Crippen molar-refractivity contribution in [2.45, 2.75) is 6.54 Å². The van der Waals surface area contributed by atoms with Crippen molar-refractivity contribution in [2.75, 3.05) is 18.1 Å². The van der Waals surface area contributed by atoms with Gasteiger partial charge in [0.1, 0.15) is 5.82 Å². The summed E-state index contributed by atoms with van der Waals surface area (Å²) >= 11 is 5.14. The Balaban J connectivity index is 0.00000256. The summed E-state index contributed by atoms with van der Waals surface area (Å²) in [4.78, 5) is 0. The van der Waals surface area contributed by atoms with E-state index in [2.05, 4.69) is 27.8 Å². The lowest BCUT2D eigenvalue weighted by Gasteiger charge is -2.06. The van der Waals surface area contributed by atoms with Crippen LogP contribution >= 0.6 is 40.1 Å². The summed E-state index contributed by atoms with van der Waals surface area (Å²) in [5, 5.41) is 3.21. The van der Waals surface area contributed by atoms with Crippen LogP contribution in [-0.2, 0) is 6.54 Å². The first-order valence-corrected chi connectivity index (χ1v) is 7.02. The molecular formula is C12H16BrClFNS.